The molecule has 0 bridgehead atoms. The fourth-order valence-electron chi connectivity index (χ4n) is 3.18. The summed E-state index contributed by atoms with van der Waals surface area (Å²) in [4.78, 5) is 11.2. The number of hydrogen-bond acceptors (Lipinski definition) is 4. The standard InChI is InChI=1S/C20H25F3N4OS/c1-3-24-19(25-8-7-17-13-29-14(2)26-17)27-9-10-28-18(12-27)15-5-4-6-16(11-15)20(21,22)23/h4-6,11,13,18H,3,7-10,12H2,1-2H3,(H,24,25). The molecule has 0 radical (unpaired) electrons. The van der Waals surface area contributed by atoms with Gasteiger partial charge in [0.2, 0.25) is 0 Å². The summed E-state index contributed by atoms with van der Waals surface area (Å²) >= 11 is 1.62. The Kier molecular flexibility index (Phi) is 7.13. The van der Waals surface area contributed by atoms with E-state index in [1.807, 2.05) is 24.1 Å². The fraction of sp³-hybridized carbons (Fsp3) is 0.500. The van der Waals surface area contributed by atoms with Gasteiger partial charge in [0.1, 0.15) is 6.10 Å². The van der Waals surface area contributed by atoms with Gasteiger partial charge in [-0.1, -0.05) is 12.1 Å². The van der Waals surface area contributed by atoms with Crippen molar-refractivity contribution in [3.63, 3.8) is 0 Å². The molecule has 1 atom stereocenters. The molecule has 0 spiro atoms. The molecule has 0 aliphatic carbocycles. The maximum Gasteiger partial charge on any atom is 0.416 e. The van der Waals surface area contributed by atoms with E-state index in [1.54, 1.807) is 17.4 Å². The Hall–Kier alpha value is -2.13. The molecule has 29 heavy (non-hydrogen) atoms. The van der Waals surface area contributed by atoms with Crippen LogP contribution in [0.25, 0.3) is 0 Å². The van der Waals surface area contributed by atoms with Crippen molar-refractivity contribution in [1.29, 1.82) is 0 Å². The van der Waals surface area contributed by atoms with Crippen molar-refractivity contribution >= 4 is 17.3 Å². The quantitative estimate of drug-likeness (QED) is 0.579. The number of benzene rings is 1. The van der Waals surface area contributed by atoms with Crippen molar-refractivity contribution in [1.82, 2.24) is 15.2 Å². The summed E-state index contributed by atoms with van der Waals surface area (Å²) in [5.41, 5.74) is 0.893. The summed E-state index contributed by atoms with van der Waals surface area (Å²) in [6.07, 6.45) is -4.05. The molecule has 1 unspecified atom stereocenters. The number of halogens is 3. The average molecular weight is 427 g/mol. The Labute approximate surface area is 172 Å². The van der Waals surface area contributed by atoms with Crippen LogP contribution >= 0.6 is 11.3 Å². The fourth-order valence-corrected chi connectivity index (χ4v) is 3.83. The van der Waals surface area contributed by atoms with Gasteiger partial charge in [0.05, 0.1) is 29.4 Å². The molecule has 1 aromatic carbocycles. The Morgan fingerprint density at radius 1 is 1.41 bits per heavy atom. The summed E-state index contributed by atoms with van der Waals surface area (Å²) in [6.45, 7) is 6.78. The number of morpholine rings is 1. The zero-order valence-electron chi connectivity index (χ0n) is 16.5. The Morgan fingerprint density at radius 3 is 2.93 bits per heavy atom. The molecule has 9 heteroatoms. The van der Waals surface area contributed by atoms with Gasteiger partial charge in [-0.2, -0.15) is 13.2 Å². The van der Waals surface area contributed by atoms with E-state index in [9.17, 15) is 13.2 Å². The molecule has 158 valence electrons. The van der Waals surface area contributed by atoms with E-state index in [-0.39, 0.29) is 0 Å². The van der Waals surface area contributed by atoms with Gasteiger partial charge in [0.25, 0.3) is 0 Å². The molecule has 2 heterocycles. The van der Waals surface area contributed by atoms with Gasteiger partial charge in [0.15, 0.2) is 5.96 Å². The van der Waals surface area contributed by atoms with Crippen LogP contribution in [-0.2, 0) is 17.3 Å². The van der Waals surface area contributed by atoms with Gasteiger partial charge in [-0.25, -0.2) is 4.98 Å². The number of nitrogens with one attached hydrogen (secondary N) is 1. The van der Waals surface area contributed by atoms with Gasteiger partial charge in [-0.3, -0.25) is 4.99 Å². The first-order valence-corrected chi connectivity index (χ1v) is 10.5. The van der Waals surface area contributed by atoms with E-state index in [0.717, 1.165) is 29.1 Å². The lowest BCUT2D eigenvalue weighted by Crippen LogP contribution is -2.48. The minimum atomic E-state index is -4.37. The van der Waals surface area contributed by atoms with Crippen LogP contribution in [0.1, 0.15) is 34.9 Å². The molecule has 0 amide bonds. The lowest BCUT2D eigenvalue weighted by atomic mass is 10.0. The van der Waals surface area contributed by atoms with Crippen LogP contribution in [0.2, 0.25) is 0 Å². The molecule has 3 rings (SSSR count). The highest BCUT2D eigenvalue weighted by Gasteiger charge is 2.32. The van der Waals surface area contributed by atoms with Gasteiger partial charge >= 0.3 is 6.18 Å². The number of alkyl halides is 3. The van der Waals surface area contributed by atoms with Crippen LogP contribution < -0.4 is 5.32 Å². The lowest BCUT2D eigenvalue weighted by Gasteiger charge is -2.35. The number of guanidine groups is 1. The first-order valence-electron chi connectivity index (χ1n) is 9.60. The van der Waals surface area contributed by atoms with Crippen LogP contribution in [-0.4, -0.2) is 48.6 Å². The highest BCUT2D eigenvalue weighted by atomic mass is 32.1. The van der Waals surface area contributed by atoms with E-state index in [4.69, 9.17) is 4.74 Å². The maximum absolute atomic E-state index is 13.0. The normalized spacial score (nSPS) is 18.2. The predicted octanol–water partition coefficient (Wildman–Crippen LogP) is 4.05. The molecule has 1 aliphatic rings. The molecule has 1 saturated heterocycles. The summed E-state index contributed by atoms with van der Waals surface area (Å²) < 4.78 is 44.9. The molecule has 1 aliphatic heterocycles. The van der Waals surface area contributed by atoms with E-state index in [0.29, 0.717) is 38.3 Å². The second kappa shape index (κ2) is 9.58. The summed E-state index contributed by atoms with van der Waals surface area (Å²) in [6, 6.07) is 5.35. The highest BCUT2D eigenvalue weighted by molar-refractivity contribution is 7.09. The number of aliphatic imine (C=N–C) groups is 1. The largest absolute Gasteiger partial charge is 0.416 e. The van der Waals surface area contributed by atoms with Gasteiger partial charge in [-0.15, -0.1) is 11.3 Å². The highest BCUT2D eigenvalue weighted by Crippen LogP contribution is 2.32. The third kappa shape index (κ3) is 5.93. The van der Waals surface area contributed by atoms with E-state index < -0.39 is 17.8 Å². The van der Waals surface area contributed by atoms with Crippen LogP contribution in [0.4, 0.5) is 13.2 Å². The van der Waals surface area contributed by atoms with Crippen LogP contribution in [0, 0.1) is 6.92 Å². The molecular formula is C20H25F3N4OS. The number of rotatable bonds is 5. The molecule has 1 fully saturated rings. The molecule has 0 saturated carbocycles. The van der Waals surface area contributed by atoms with E-state index in [1.165, 1.54) is 12.1 Å². The van der Waals surface area contributed by atoms with Crippen molar-refractivity contribution in [3.05, 3.63) is 51.5 Å². The topological polar surface area (TPSA) is 49.8 Å². The first kappa shape index (κ1) is 21.6. The SMILES string of the molecule is CCNC(=NCCc1csc(C)n1)N1CCOC(c2cccc(C(F)(F)F)c2)C1. The van der Waals surface area contributed by atoms with Crippen LogP contribution in [0.3, 0.4) is 0 Å². The van der Waals surface area contributed by atoms with Gasteiger partial charge in [-0.05, 0) is 31.5 Å². The maximum atomic E-state index is 13.0. The van der Waals surface area contributed by atoms with Crippen molar-refractivity contribution in [2.24, 2.45) is 4.99 Å². The minimum absolute atomic E-state index is 0.427. The lowest BCUT2D eigenvalue weighted by molar-refractivity contribution is -0.137. The second-order valence-electron chi connectivity index (χ2n) is 6.77. The van der Waals surface area contributed by atoms with Crippen molar-refractivity contribution in [3.8, 4) is 0 Å². The summed E-state index contributed by atoms with van der Waals surface area (Å²) in [7, 11) is 0. The molecule has 2 aromatic rings. The number of nitrogens with zero attached hydrogens (tertiary/aromatic N) is 3. The van der Waals surface area contributed by atoms with E-state index in [2.05, 4.69) is 15.3 Å². The van der Waals surface area contributed by atoms with Crippen molar-refractivity contribution in [2.75, 3.05) is 32.8 Å². The minimum Gasteiger partial charge on any atom is -0.370 e. The number of ether oxygens (including phenoxy) is 1. The second-order valence-corrected chi connectivity index (χ2v) is 7.83. The van der Waals surface area contributed by atoms with Gasteiger partial charge < -0.3 is 15.0 Å². The van der Waals surface area contributed by atoms with Crippen LogP contribution in [0.15, 0.2) is 34.6 Å². The molecule has 1 N–H and O–H groups in total. The zero-order valence-corrected chi connectivity index (χ0v) is 17.3. The van der Waals surface area contributed by atoms with Crippen molar-refractivity contribution < 1.29 is 17.9 Å². The Morgan fingerprint density at radius 2 is 2.24 bits per heavy atom. The van der Waals surface area contributed by atoms with E-state index >= 15 is 0 Å². The Balaban J connectivity index is 1.69. The third-order valence-corrected chi connectivity index (χ3v) is 5.41. The smallest absolute Gasteiger partial charge is 0.370 e. The van der Waals surface area contributed by atoms with Crippen molar-refractivity contribution in [2.45, 2.75) is 32.5 Å². The number of thiazole rings is 1. The summed E-state index contributed by atoms with van der Waals surface area (Å²) in [5, 5.41) is 6.35. The first-order chi connectivity index (χ1) is 13.9. The predicted molar refractivity (Wildman–Crippen MR) is 108 cm³/mol. The molecule has 5 nitrogen and oxygen atoms in total. The number of aromatic nitrogens is 1. The average Bonchev–Trinajstić information content (AvgIpc) is 3.12. The van der Waals surface area contributed by atoms with Crippen LogP contribution in [0.5, 0.6) is 0 Å². The summed E-state index contributed by atoms with van der Waals surface area (Å²) in [5.74, 6) is 0.750. The third-order valence-electron chi connectivity index (χ3n) is 4.58. The molecular weight excluding hydrogens is 401 g/mol. The molecule has 1 aromatic heterocycles. The monoisotopic (exact) mass is 426 g/mol. The zero-order chi connectivity index (χ0) is 20.9. The van der Waals surface area contributed by atoms with Gasteiger partial charge in [0, 0.05) is 31.4 Å². The Bertz CT molecular complexity index is 837. The number of aryl methyl sites for hydroxylation is 1. The number of hydrogen-bond donors (Lipinski definition) is 1.